The van der Waals surface area contributed by atoms with E-state index in [1.165, 1.54) is 6.26 Å². The summed E-state index contributed by atoms with van der Waals surface area (Å²) in [6.07, 6.45) is 1.30. The first-order valence-corrected chi connectivity index (χ1v) is 6.97. The highest BCUT2D eigenvalue weighted by Crippen LogP contribution is 2.06. The van der Waals surface area contributed by atoms with Crippen molar-refractivity contribution in [3.8, 4) is 0 Å². The highest BCUT2D eigenvalue weighted by Gasteiger charge is 2.09. The third-order valence-electron chi connectivity index (χ3n) is 3.04. The molecule has 7 heteroatoms. The van der Waals surface area contributed by atoms with Crippen molar-refractivity contribution in [1.82, 2.24) is 10.6 Å². The molecule has 120 valence electrons. The van der Waals surface area contributed by atoms with E-state index in [2.05, 4.69) is 10.6 Å². The molecule has 2 amide bonds. The maximum Gasteiger partial charge on any atom is 0.305 e. The molecular weight excluding hydrogens is 300 g/mol. The summed E-state index contributed by atoms with van der Waals surface area (Å²) in [4.78, 5) is 33.9. The predicted molar refractivity (Wildman–Crippen MR) is 80.9 cm³/mol. The molecule has 0 saturated carbocycles. The van der Waals surface area contributed by atoms with Crippen molar-refractivity contribution in [2.75, 3.05) is 6.54 Å². The molecule has 3 N–H and O–H groups in total. The Bertz CT molecular complexity index is 677. The topological polar surface area (TPSA) is 109 Å². The lowest BCUT2D eigenvalue weighted by atomic mass is 10.1. The third kappa shape index (κ3) is 4.99. The Morgan fingerprint density at radius 1 is 1.00 bits per heavy atom. The van der Waals surface area contributed by atoms with Gasteiger partial charge in [0, 0.05) is 18.7 Å². The number of hydrogen-bond donors (Lipinski definition) is 3. The highest BCUT2D eigenvalue weighted by molar-refractivity contribution is 5.94. The molecule has 1 aromatic carbocycles. The van der Waals surface area contributed by atoms with Gasteiger partial charge in [0.15, 0.2) is 5.76 Å². The van der Waals surface area contributed by atoms with Crippen LogP contribution in [0.3, 0.4) is 0 Å². The molecule has 0 bridgehead atoms. The van der Waals surface area contributed by atoms with Gasteiger partial charge in [-0.3, -0.25) is 14.4 Å². The number of carbonyl (C=O) groups is 3. The Hall–Kier alpha value is -3.09. The Labute approximate surface area is 132 Å². The van der Waals surface area contributed by atoms with Gasteiger partial charge in [0.25, 0.3) is 11.8 Å². The molecule has 0 unspecified atom stereocenters. The van der Waals surface area contributed by atoms with Crippen molar-refractivity contribution in [3.05, 3.63) is 59.5 Å². The van der Waals surface area contributed by atoms with E-state index in [0.29, 0.717) is 12.1 Å². The molecule has 0 saturated heterocycles. The van der Waals surface area contributed by atoms with Crippen molar-refractivity contribution < 1.29 is 23.9 Å². The lowest BCUT2D eigenvalue weighted by Gasteiger charge is -2.06. The van der Waals surface area contributed by atoms with Crippen molar-refractivity contribution in [2.24, 2.45) is 0 Å². The first-order chi connectivity index (χ1) is 11.1. The first kappa shape index (κ1) is 16.3. The molecule has 0 aliphatic rings. The molecule has 0 spiro atoms. The fourth-order valence-electron chi connectivity index (χ4n) is 1.84. The van der Waals surface area contributed by atoms with Crippen LogP contribution in [0.15, 0.2) is 47.1 Å². The Balaban J connectivity index is 1.83. The monoisotopic (exact) mass is 316 g/mol. The van der Waals surface area contributed by atoms with Gasteiger partial charge in [-0.1, -0.05) is 12.1 Å². The van der Waals surface area contributed by atoms with E-state index in [1.54, 1.807) is 36.4 Å². The third-order valence-corrected chi connectivity index (χ3v) is 3.04. The van der Waals surface area contributed by atoms with Crippen LogP contribution in [0, 0.1) is 0 Å². The zero-order chi connectivity index (χ0) is 16.7. The maximum atomic E-state index is 11.8. The van der Waals surface area contributed by atoms with E-state index in [4.69, 9.17) is 9.52 Å². The van der Waals surface area contributed by atoms with Gasteiger partial charge in [0.05, 0.1) is 12.7 Å². The first-order valence-electron chi connectivity index (χ1n) is 6.97. The van der Waals surface area contributed by atoms with Gasteiger partial charge in [-0.2, -0.15) is 0 Å². The lowest BCUT2D eigenvalue weighted by molar-refractivity contribution is -0.136. The van der Waals surface area contributed by atoms with Crippen LogP contribution in [-0.2, 0) is 11.3 Å². The molecular formula is C16H16N2O5. The highest BCUT2D eigenvalue weighted by atomic mass is 16.4. The second-order valence-electron chi connectivity index (χ2n) is 4.76. The van der Waals surface area contributed by atoms with Crippen LogP contribution in [-0.4, -0.2) is 29.4 Å². The summed E-state index contributed by atoms with van der Waals surface area (Å²) < 4.78 is 4.98. The van der Waals surface area contributed by atoms with Gasteiger partial charge in [0.2, 0.25) is 0 Å². The SMILES string of the molecule is O=C(O)CCNC(=O)c1ccc(CNC(=O)c2ccco2)cc1. The molecule has 0 fully saturated rings. The number of rotatable bonds is 7. The van der Waals surface area contributed by atoms with Crippen molar-refractivity contribution in [2.45, 2.75) is 13.0 Å². The van der Waals surface area contributed by atoms with E-state index in [1.807, 2.05) is 0 Å². The number of hydrogen-bond acceptors (Lipinski definition) is 4. The quantitative estimate of drug-likeness (QED) is 0.715. The molecule has 23 heavy (non-hydrogen) atoms. The minimum Gasteiger partial charge on any atom is -0.481 e. The summed E-state index contributed by atoms with van der Waals surface area (Å²) in [5.41, 5.74) is 1.25. The zero-order valence-electron chi connectivity index (χ0n) is 12.2. The van der Waals surface area contributed by atoms with Crippen LogP contribution in [0.25, 0.3) is 0 Å². The fourth-order valence-corrected chi connectivity index (χ4v) is 1.84. The van der Waals surface area contributed by atoms with Gasteiger partial charge in [0.1, 0.15) is 0 Å². The Morgan fingerprint density at radius 2 is 1.74 bits per heavy atom. The normalized spacial score (nSPS) is 10.1. The Kier molecular flexibility index (Phi) is 5.51. The van der Waals surface area contributed by atoms with Gasteiger partial charge in [-0.25, -0.2) is 0 Å². The summed E-state index contributed by atoms with van der Waals surface area (Å²) >= 11 is 0. The number of nitrogens with one attached hydrogen (secondary N) is 2. The van der Waals surface area contributed by atoms with E-state index in [9.17, 15) is 14.4 Å². The van der Waals surface area contributed by atoms with Crippen molar-refractivity contribution in [1.29, 1.82) is 0 Å². The molecule has 0 radical (unpaired) electrons. The lowest BCUT2D eigenvalue weighted by Crippen LogP contribution is -2.26. The number of carboxylic acids is 1. The average molecular weight is 316 g/mol. The van der Waals surface area contributed by atoms with Crippen LogP contribution < -0.4 is 10.6 Å². The standard InChI is InChI=1S/C16H16N2O5/c19-14(20)7-8-17-15(21)12-5-3-11(4-6-12)10-18-16(22)13-2-1-9-23-13/h1-6,9H,7-8,10H2,(H,17,21)(H,18,22)(H,19,20). The van der Waals surface area contributed by atoms with E-state index >= 15 is 0 Å². The summed E-state index contributed by atoms with van der Waals surface area (Å²) in [5.74, 6) is -1.38. The molecule has 0 aliphatic heterocycles. The van der Waals surface area contributed by atoms with Crippen LogP contribution in [0.4, 0.5) is 0 Å². The smallest absolute Gasteiger partial charge is 0.305 e. The maximum absolute atomic E-state index is 11.8. The average Bonchev–Trinajstić information content (AvgIpc) is 3.07. The van der Waals surface area contributed by atoms with Gasteiger partial charge in [-0.15, -0.1) is 0 Å². The summed E-state index contributed by atoms with van der Waals surface area (Å²) in [6.45, 7) is 0.384. The molecule has 0 aliphatic carbocycles. The largest absolute Gasteiger partial charge is 0.481 e. The Morgan fingerprint density at radius 3 is 2.35 bits per heavy atom. The van der Waals surface area contributed by atoms with E-state index in [0.717, 1.165) is 5.56 Å². The summed E-state index contributed by atoms with van der Waals surface area (Å²) in [7, 11) is 0. The minimum absolute atomic E-state index is 0.0785. The molecule has 2 rings (SSSR count). The van der Waals surface area contributed by atoms with Crippen LogP contribution in [0.2, 0.25) is 0 Å². The molecule has 2 aromatic rings. The minimum atomic E-state index is -0.965. The number of furan rings is 1. The molecule has 7 nitrogen and oxygen atoms in total. The molecule has 1 heterocycles. The van der Waals surface area contributed by atoms with E-state index < -0.39 is 5.97 Å². The van der Waals surface area contributed by atoms with E-state index in [-0.39, 0.29) is 30.5 Å². The van der Waals surface area contributed by atoms with Crippen molar-refractivity contribution in [3.63, 3.8) is 0 Å². The number of carbonyl (C=O) groups excluding carboxylic acids is 2. The molecule has 1 aromatic heterocycles. The second kappa shape index (κ2) is 7.79. The number of amides is 2. The van der Waals surface area contributed by atoms with Crippen LogP contribution in [0.5, 0.6) is 0 Å². The van der Waals surface area contributed by atoms with Gasteiger partial charge < -0.3 is 20.2 Å². The van der Waals surface area contributed by atoms with Crippen LogP contribution >= 0.6 is 0 Å². The number of carboxylic acid groups (broad SMARTS) is 1. The summed E-state index contributed by atoms with van der Waals surface area (Å²) in [5, 5.41) is 13.7. The predicted octanol–water partition coefficient (Wildman–Crippen LogP) is 1.41. The van der Waals surface area contributed by atoms with Gasteiger partial charge >= 0.3 is 5.97 Å². The number of aliphatic carboxylic acids is 1. The number of benzene rings is 1. The fraction of sp³-hybridized carbons (Fsp3) is 0.188. The summed E-state index contributed by atoms with van der Waals surface area (Å²) in [6, 6.07) is 9.87. The van der Waals surface area contributed by atoms with Crippen LogP contribution in [0.1, 0.15) is 32.9 Å². The van der Waals surface area contributed by atoms with Gasteiger partial charge in [-0.05, 0) is 29.8 Å². The molecule has 0 atom stereocenters. The second-order valence-corrected chi connectivity index (χ2v) is 4.76. The van der Waals surface area contributed by atoms with Crippen molar-refractivity contribution >= 4 is 17.8 Å². The zero-order valence-corrected chi connectivity index (χ0v) is 12.2.